The average Bonchev–Trinajstić information content (AvgIpc) is 3.49. The van der Waals surface area contributed by atoms with E-state index in [-0.39, 0.29) is 5.69 Å². The van der Waals surface area contributed by atoms with Crippen LogP contribution in [-0.2, 0) is 6.18 Å². The number of rotatable bonds is 4. The summed E-state index contributed by atoms with van der Waals surface area (Å²) in [5, 5.41) is 8.60. The van der Waals surface area contributed by atoms with Crippen molar-refractivity contribution in [3.05, 3.63) is 88.8 Å². The van der Waals surface area contributed by atoms with E-state index in [0.29, 0.717) is 15.4 Å². The first kappa shape index (κ1) is 21.2. The van der Waals surface area contributed by atoms with Crippen LogP contribution in [0.15, 0.2) is 72.5 Å². The van der Waals surface area contributed by atoms with Crippen LogP contribution in [0.4, 0.5) is 18.9 Å². The van der Waals surface area contributed by atoms with Crippen molar-refractivity contribution < 1.29 is 18.0 Å². The summed E-state index contributed by atoms with van der Waals surface area (Å²) in [6.07, 6.45) is -0.132. The zero-order chi connectivity index (χ0) is 23.2. The Morgan fingerprint density at radius 3 is 2.45 bits per heavy atom. The highest BCUT2D eigenvalue weighted by Gasteiger charge is 2.40. The summed E-state index contributed by atoms with van der Waals surface area (Å²) < 4.78 is 44.1. The van der Waals surface area contributed by atoms with Crippen molar-refractivity contribution >= 4 is 39.5 Å². The van der Waals surface area contributed by atoms with Gasteiger partial charge < -0.3 is 5.32 Å². The first-order valence-electron chi connectivity index (χ1n) is 9.55. The summed E-state index contributed by atoms with van der Waals surface area (Å²) in [5.74, 6) is -0.919. The highest BCUT2D eigenvalue weighted by atomic mass is 35.5. The minimum absolute atomic E-state index is 0.134. The second-order valence-electron chi connectivity index (χ2n) is 7.04. The van der Waals surface area contributed by atoms with E-state index in [9.17, 15) is 18.0 Å². The fraction of sp³-hybridized carbons (Fsp3) is 0.0455. The number of thiazole rings is 1. The van der Waals surface area contributed by atoms with Crippen LogP contribution in [0.25, 0.3) is 21.9 Å². The molecule has 166 valence electrons. The molecule has 0 aliphatic heterocycles. The number of benzene rings is 2. The standard InChI is InChI=1S/C22H13ClF3N5OS/c23-14-3-7-16(8-4-14)31-19(22(24,25)26)17(11-27-31)20(32)28-15-5-1-13(2-6-15)18-12-30-9-10-33-21(30)29-18/h1-12H,(H,28,32). The number of amides is 1. The average molecular weight is 488 g/mol. The fourth-order valence-corrected chi connectivity index (χ4v) is 4.18. The van der Waals surface area contributed by atoms with Crippen LogP contribution in [0.1, 0.15) is 16.1 Å². The Morgan fingerprint density at radius 2 is 1.79 bits per heavy atom. The molecule has 0 saturated heterocycles. The molecule has 0 aliphatic rings. The van der Waals surface area contributed by atoms with E-state index in [1.165, 1.54) is 35.6 Å². The minimum Gasteiger partial charge on any atom is -0.322 e. The Labute approximate surface area is 193 Å². The number of nitrogens with one attached hydrogen (secondary N) is 1. The van der Waals surface area contributed by atoms with Crippen molar-refractivity contribution in [1.82, 2.24) is 19.2 Å². The third-order valence-electron chi connectivity index (χ3n) is 4.89. The number of carbonyl (C=O) groups is 1. The summed E-state index contributed by atoms with van der Waals surface area (Å²) in [4.78, 5) is 18.1. The van der Waals surface area contributed by atoms with Gasteiger partial charge in [0.25, 0.3) is 5.91 Å². The molecule has 11 heteroatoms. The normalized spacial score (nSPS) is 11.8. The van der Waals surface area contributed by atoms with Crippen LogP contribution < -0.4 is 5.32 Å². The molecular formula is C22H13ClF3N5OS. The number of hydrogen-bond acceptors (Lipinski definition) is 4. The first-order chi connectivity index (χ1) is 15.8. The third-order valence-corrected chi connectivity index (χ3v) is 5.91. The molecule has 0 aliphatic carbocycles. The molecule has 0 bridgehead atoms. The second kappa shape index (κ2) is 8.05. The van der Waals surface area contributed by atoms with E-state index in [2.05, 4.69) is 15.4 Å². The van der Waals surface area contributed by atoms with Gasteiger partial charge in [-0.25, -0.2) is 9.67 Å². The van der Waals surface area contributed by atoms with Gasteiger partial charge in [-0.3, -0.25) is 9.20 Å². The van der Waals surface area contributed by atoms with Gasteiger partial charge >= 0.3 is 6.18 Å². The molecule has 0 atom stereocenters. The molecule has 3 aromatic heterocycles. The van der Waals surface area contributed by atoms with E-state index in [4.69, 9.17) is 11.6 Å². The molecule has 33 heavy (non-hydrogen) atoms. The molecule has 1 amide bonds. The zero-order valence-corrected chi connectivity index (χ0v) is 18.1. The predicted molar refractivity (Wildman–Crippen MR) is 120 cm³/mol. The van der Waals surface area contributed by atoms with Crippen molar-refractivity contribution in [2.24, 2.45) is 0 Å². The number of anilines is 1. The molecule has 0 radical (unpaired) electrons. The lowest BCUT2D eigenvalue weighted by molar-refractivity contribution is -0.143. The Balaban J connectivity index is 1.41. The van der Waals surface area contributed by atoms with Crippen molar-refractivity contribution in [2.75, 3.05) is 5.32 Å². The number of hydrogen-bond donors (Lipinski definition) is 1. The number of nitrogens with zero attached hydrogens (tertiary/aromatic N) is 4. The first-order valence-corrected chi connectivity index (χ1v) is 10.8. The lowest BCUT2D eigenvalue weighted by Gasteiger charge is -2.13. The molecular weight excluding hydrogens is 475 g/mol. The van der Waals surface area contributed by atoms with Gasteiger partial charge in [0.05, 0.1) is 23.1 Å². The van der Waals surface area contributed by atoms with Gasteiger partial charge in [-0.2, -0.15) is 18.3 Å². The van der Waals surface area contributed by atoms with Gasteiger partial charge in [0.15, 0.2) is 10.7 Å². The van der Waals surface area contributed by atoms with Crippen molar-refractivity contribution in [3.8, 4) is 16.9 Å². The van der Waals surface area contributed by atoms with E-state index >= 15 is 0 Å². The van der Waals surface area contributed by atoms with Crippen LogP contribution in [-0.4, -0.2) is 25.1 Å². The maximum absolute atomic E-state index is 13.8. The molecule has 0 spiro atoms. The van der Waals surface area contributed by atoms with E-state index in [1.54, 1.807) is 24.3 Å². The summed E-state index contributed by atoms with van der Waals surface area (Å²) in [7, 11) is 0. The molecule has 1 N–H and O–H groups in total. The van der Waals surface area contributed by atoms with E-state index < -0.39 is 23.3 Å². The molecule has 6 nitrogen and oxygen atoms in total. The molecule has 3 heterocycles. The number of imidazole rings is 1. The highest BCUT2D eigenvalue weighted by Crippen LogP contribution is 2.34. The lowest BCUT2D eigenvalue weighted by Crippen LogP contribution is -2.20. The molecule has 5 aromatic rings. The Kier molecular flexibility index (Phi) is 5.18. The molecule has 0 fully saturated rings. The number of aromatic nitrogens is 4. The van der Waals surface area contributed by atoms with Crippen LogP contribution in [0, 0.1) is 0 Å². The van der Waals surface area contributed by atoms with Gasteiger partial charge in [0, 0.05) is 34.0 Å². The summed E-state index contributed by atoms with van der Waals surface area (Å²) >= 11 is 7.32. The Morgan fingerprint density at radius 1 is 1.06 bits per heavy atom. The molecule has 0 unspecified atom stereocenters. The monoisotopic (exact) mass is 487 g/mol. The smallest absolute Gasteiger partial charge is 0.322 e. The van der Waals surface area contributed by atoms with Crippen LogP contribution in [0.3, 0.4) is 0 Å². The van der Waals surface area contributed by atoms with Crippen LogP contribution in [0.5, 0.6) is 0 Å². The van der Waals surface area contributed by atoms with Gasteiger partial charge in [0.1, 0.15) is 0 Å². The van der Waals surface area contributed by atoms with Crippen molar-refractivity contribution in [1.29, 1.82) is 0 Å². The van der Waals surface area contributed by atoms with Gasteiger partial charge in [-0.1, -0.05) is 23.7 Å². The fourth-order valence-electron chi connectivity index (χ4n) is 3.35. The predicted octanol–water partition coefficient (Wildman–Crippen LogP) is 6.17. The van der Waals surface area contributed by atoms with E-state index in [1.807, 2.05) is 22.2 Å². The largest absolute Gasteiger partial charge is 0.434 e. The number of carbonyl (C=O) groups excluding carboxylic acids is 1. The lowest BCUT2D eigenvalue weighted by atomic mass is 10.1. The Hall–Kier alpha value is -3.63. The number of fused-ring (bicyclic) bond motifs is 1. The maximum Gasteiger partial charge on any atom is 0.434 e. The van der Waals surface area contributed by atoms with Gasteiger partial charge in [0.2, 0.25) is 0 Å². The van der Waals surface area contributed by atoms with E-state index in [0.717, 1.165) is 22.4 Å². The SMILES string of the molecule is O=C(Nc1ccc(-c2cn3ccsc3n2)cc1)c1cnn(-c2ccc(Cl)cc2)c1C(F)(F)F. The Bertz CT molecular complexity index is 1420. The summed E-state index contributed by atoms with van der Waals surface area (Å²) in [6, 6.07) is 12.4. The van der Waals surface area contributed by atoms with Crippen LogP contribution in [0.2, 0.25) is 5.02 Å². The topological polar surface area (TPSA) is 64.2 Å². The second-order valence-corrected chi connectivity index (χ2v) is 8.35. The summed E-state index contributed by atoms with van der Waals surface area (Å²) in [6.45, 7) is 0. The number of halogens is 4. The minimum atomic E-state index is -4.80. The third kappa shape index (κ3) is 4.10. The summed E-state index contributed by atoms with van der Waals surface area (Å²) in [5.41, 5.74) is 0.291. The van der Waals surface area contributed by atoms with Crippen molar-refractivity contribution in [3.63, 3.8) is 0 Å². The van der Waals surface area contributed by atoms with Crippen molar-refractivity contribution in [2.45, 2.75) is 6.18 Å². The molecule has 0 saturated carbocycles. The van der Waals surface area contributed by atoms with Crippen LogP contribution >= 0.6 is 22.9 Å². The molecule has 2 aromatic carbocycles. The van der Waals surface area contributed by atoms with Gasteiger partial charge in [-0.05, 0) is 36.4 Å². The van der Waals surface area contributed by atoms with Gasteiger partial charge in [-0.15, -0.1) is 11.3 Å². The quantitative estimate of drug-likeness (QED) is 0.329. The number of alkyl halides is 3. The highest BCUT2D eigenvalue weighted by molar-refractivity contribution is 7.15. The maximum atomic E-state index is 13.8. The molecule has 5 rings (SSSR count). The zero-order valence-electron chi connectivity index (χ0n) is 16.5.